The van der Waals surface area contributed by atoms with Gasteiger partial charge in [0.15, 0.2) is 0 Å². The zero-order chi connectivity index (χ0) is 18.2. The molecule has 25 heavy (non-hydrogen) atoms. The van der Waals surface area contributed by atoms with Gasteiger partial charge in [-0.05, 0) is 11.6 Å². The quantitative estimate of drug-likeness (QED) is 0.709. The largest absolute Gasteiger partial charge is 0.480 e. The third-order valence-electron chi connectivity index (χ3n) is 3.86. The second-order valence-electron chi connectivity index (χ2n) is 5.34. The van der Waals surface area contributed by atoms with Crippen LogP contribution in [0.5, 0.6) is 0 Å². The maximum atomic E-state index is 13.0. The number of halogens is 1. The Labute approximate surface area is 148 Å². The maximum Gasteiger partial charge on any atom is 0.326 e. The van der Waals surface area contributed by atoms with E-state index in [0.29, 0.717) is 11.2 Å². The highest BCUT2D eigenvalue weighted by molar-refractivity contribution is 7.89. The SMILES string of the molecule is CN(C(C(=O)O)c1ccccc1)S(=O)(=O)c1c[nH]c2nccc(Cl)c12. The maximum absolute atomic E-state index is 13.0. The molecule has 0 saturated carbocycles. The third kappa shape index (κ3) is 2.99. The molecular weight excluding hydrogens is 366 g/mol. The van der Waals surface area contributed by atoms with E-state index in [-0.39, 0.29) is 15.3 Å². The minimum absolute atomic E-state index is 0.120. The first-order valence-electron chi connectivity index (χ1n) is 7.21. The average Bonchev–Trinajstić information content (AvgIpc) is 3.02. The lowest BCUT2D eigenvalue weighted by Gasteiger charge is -2.24. The van der Waals surface area contributed by atoms with Crippen LogP contribution in [0, 0.1) is 0 Å². The van der Waals surface area contributed by atoms with Crippen LogP contribution in [-0.4, -0.2) is 40.8 Å². The summed E-state index contributed by atoms with van der Waals surface area (Å²) in [5.74, 6) is -1.28. The van der Waals surface area contributed by atoms with E-state index in [9.17, 15) is 18.3 Å². The summed E-state index contributed by atoms with van der Waals surface area (Å²) >= 11 is 6.11. The number of carboxylic acid groups (broad SMARTS) is 1. The molecule has 0 radical (unpaired) electrons. The summed E-state index contributed by atoms with van der Waals surface area (Å²) in [7, 11) is -2.91. The summed E-state index contributed by atoms with van der Waals surface area (Å²) in [4.78, 5) is 18.4. The Morgan fingerprint density at radius 1 is 1.28 bits per heavy atom. The molecule has 0 bridgehead atoms. The third-order valence-corrected chi connectivity index (χ3v) is 6.02. The average molecular weight is 380 g/mol. The smallest absolute Gasteiger partial charge is 0.326 e. The molecule has 1 aromatic carbocycles. The molecule has 0 spiro atoms. The second kappa shape index (κ2) is 6.47. The van der Waals surface area contributed by atoms with Crippen molar-refractivity contribution >= 4 is 38.6 Å². The molecule has 1 unspecified atom stereocenters. The van der Waals surface area contributed by atoms with E-state index >= 15 is 0 Å². The number of hydrogen-bond donors (Lipinski definition) is 2. The van der Waals surface area contributed by atoms with Crippen molar-refractivity contribution in [1.82, 2.24) is 14.3 Å². The molecule has 3 rings (SSSR count). The summed E-state index contributed by atoms with van der Waals surface area (Å²) in [6.07, 6.45) is 2.71. The van der Waals surface area contributed by atoms with E-state index in [1.54, 1.807) is 30.3 Å². The number of carbonyl (C=O) groups is 1. The highest BCUT2D eigenvalue weighted by Crippen LogP contribution is 2.33. The van der Waals surface area contributed by atoms with Gasteiger partial charge in [0, 0.05) is 19.4 Å². The molecule has 9 heteroatoms. The van der Waals surface area contributed by atoms with Gasteiger partial charge in [0.05, 0.1) is 10.4 Å². The van der Waals surface area contributed by atoms with Crippen molar-refractivity contribution < 1.29 is 18.3 Å². The number of nitrogens with one attached hydrogen (secondary N) is 1. The first-order valence-corrected chi connectivity index (χ1v) is 9.03. The fourth-order valence-corrected chi connectivity index (χ4v) is 4.40. The second-order valence-corrected chi connectivity index (χ2v) is 7.72. The Kier molecular flexibility index (Phi) is 4.51. The monoisotopic (exact) mass is 379 g/mol. The van der Waals surface area contributed by atoms with Crippen LogP contribution in [0.4, 0.5) is 0 Å². The van der Waals surface area contributed by atoms with Crippen LogP contribution in [0.3, 0.4) is 0 Å². The van der Waals surface area contributed by atoms with Gasteiger partial charge in [-0.1, -0.05) is 41.9 Å². The fourth-order valence-electron chi connectivity index (χ4n) is 2.63. The zero-order valence-electron chi connectivity index (χ0n) is 13.0. The Morgan fingerprint density at radius 2 is 1.96 bits per heavy atom. The predicted octanol–water partition coefficient (Wildman–Crippen LogP) is 2.66. The number of H-pyrrole nitrogens is 1. The molecule has 2 N–H and O–H groups in total. The van der Waals surface area contributed by atoms with Crippen molar-refractivity contribution in [2.45, 2.75) is 10.9 Å². The first kappa shape index (κ1) is 17.4. The Morgan fingerprint density at radius 3 is 2.60 bits per heavy atom. The number of aliphatic carboxylic acids is 1. The first-order chi connectivity index (χ1) is 11.8. The summed E-state index contributed by atoms with van der Waals surface area (Å²) < 4.78 is 26.9. The Hall–Kier alpha value is -2.42. The van der Waals surface area contributed by atoms with Gasteiger partial charge in [-0.2, -0.15) is 4.31 Å². The lowest BCUT2D eigenvalue weighted by Crippen LogP contribution is -2.35. The van der Waals surface area contributed by atoms with Crippen LogP contribution in [0.1, 0.15) is 11.6 Å². The standard InChI is InChI=1S/C16H14ClN3O4S/c1-20(14(16(21)22)10-5-3-2-4-6-10)25(23,24)12-9-19-15-13(12)11(17)7-8-18-15/h2-9,14H,1H3,(H,18,19)(H,21,22). The number of pyridine rings is 1. The van der Waals surface area contributed by atoms with Crippen molar-refractivity contribution in [2.24, 2.45) is 0 Å². The number of fused-ring (bicyclic) bond motifs is 1. The van der Waals surface area contributed by atoms with Crippen molar-refractivity contribution in [3.05, 3.63) is 59.4 Å². The number of nitrogens with zero attached hydrogens (tertiary/aromatic N) is 2. The van der Waals surface area contributed by atoms with Gasteiger partial charge in [-0.3, -0.25) is 4.79 Å². The molecule has 130 valence electrons. The topological polar surface area (TPSA) is 103 Å². The minimum atomic E-state index is -4.14. The normalized spacial score (nSPS) is 13.2. The van der Waals surface area contributed by atoms with E-state index in [1.165, 1.54) is 25.5 Å². The molecule has 1 atom stereocenters. The van der Waals surface area contributed by atoms with E-state index in [0.717, 1.165) is 4.31 Å². The van der Waals surface area contributed by atoms with Gasteiger partial charge >= 0.3 is 5.97 Å². The molecule has 0 aliphatic carbocycles. The highest BCUT2D eigenvalue weighted by atomic mass is 35.5. The number of rotatable bonds is 5. The number of aromatic nitrogens is 2. The number of sulfonamides is 1. The van der Waals surface area contributed by atoms with E-state index < -0.39 is 22.0 Å². The molecule has 0 amide bonds. The van der Waals surface area contributed by atoms with E-state index in [2.05, 4.69) is 9.97 Å². The van der Waals surface area contributed by atoms with Gasteiger partial charge in [-0.25, -0.2) is 13.4 Å². The van der Waals surface area contributed by atoms with Gasteiger partial charge in [0.1, 0.15) is 16.6 Å². The number of carboxylic acids is 1. The van der Waals surface area contributed by atoms with E-state index in [1.807, 2.05) is 0 Å². The number of aromatic amines is 1. The van der Waals surface area contributed by atoms with Crippen LogP contribution in [0.25, 0.3) is 11.0 Å². The van der Waals surface area contributed by atoms with Crippen molar-refractivity contribution in [3.8, 4) is 0 Å². The molecule has 0 aliphatic rings. The molecule has 2 heterocycles. The summed E-state index contributed by atoms with van der Waals surface area (Å²) in [6.45, 7) is 0. The van der Waals surface area contributed by atoms with Gasteiger partial charge < -0.3 is 10.1 Å². The fraction of sp³-hybridized carbons (Fsp3) is 0.125. The van der Waals surface area contributed by atoms with Crippen LogP contribution >= 0.6 is 11.6 Å². The summed E-state index contributed by atoms with van der Waals surface area (Å²) in [6, 6.07) is 8.26. The molecular formula is C16H14ClN3O4S. The molecule has 0 saturated heterocycles. The lowest BCUT2D eigenvalue weighted by molar-refractivity contribution is -0.141. The summed E-state index contributed by atoms with van der Waals surface area (Å²) in [5, 5.41) is 10.0. The van der Waals surface area contributed by atoms with Crippen LogP contribution < -0.4 is 0 Å². The van der Waals surface area contributed by atoms with Crippen molar-refractivity contribution in [2.75, 3.05) is 7.05 Å². The highest BCUT2D eigenvalue weighted by Gasteiger charge is 2.35. The van der Waals surface area contributed by atoms with Crippen molar-refractivity contribution in [1.29, 1.82) is 0 Å². The molecule has 7 nitrogen and oxygen atoms in total. The van der Waals surface area contributed by atoms with E-state index in [4.69, 9.17) is 11.6 Å². The molecule has 2 aromatic heterocycles. The zero-order valence-corrected chi connectivity index (χ0v) is 14.6. The van der Waals surface area contributed by atoms with Gasteiger partial charge in [-0.15, -0.1) is 0 Å². The molecule has 0 fully saturated rings. The Bertz CT molecular complexity index is 1030. The number of hydrogen-bond acceptors (Lipinski definition) is 4. The van der Waals surface area contributed by atoms with Gasteiger partial charge in [0.25, 0.3) is 0 Å². The van der Waals surface area contributed by atoms with Crippen LogP contribution in [0.15, 0.2) is 53.7 Å². The Balaban J connectivity index is 2.13. The van der Waals surface area contributed by atoms with Crippen molar-refractivity contribution in [3.63, 3.8) is 0 Å². The van der Waals surface area contributed by atoms with Crippen LogP contribution in [-0.2, 0) is 14.8 Å². The lowest BCUT2D eigenvalue weighted by atomic mass is 10.1. The molecule has 3 aromatic rings. The predicted molar refractivity (Wildman–Crippen MR) is 92.9 cm³/mol. The van der Waals surface area contributed by atoms with Crippen LogP contribution in [0.2, 0.25) is 5.02 Å². The number of benzene rings is 1. The molecule has 0 aliphatic heterocycles. The van der Waals surface area contributed by atoms with Gasteiger partial charge in [0.2, 0.25) is 10.0 Å². The minimum Gasteiger partial charge on any atom is -0.480 e. The summed E-state index contributed by atoms with van der Waals surface area (Å²) in [5.41, 5.74) is 0.663. The number of likely N-dealkylation sites (N-methyl/N-ethyl adjacent to an activating group) is 1.